The summed E-state index contributed by atoms with van der Waals surface area (Å²) in [5.41, 5.74) is 6.51. The first-order chi connectivity index (χ1) is 16.5. The van der Waals surface area contributed by atoms with Crippen LogP contribution in [0.3, 0.4) is 0 Å². The van der Waals surface area contributed by atoms with Crippen LogP contribution in [0.5, 0.6) is 0 Å². The van der Waals surface area contributed by atoms with Crippen LogP contribution in [-0.4, -0.2) is 55.6 Å². The van der Waals surface area contributed by atoms with Crippen molar-refractivity contribution in [1.29, 1.82) is 0 Å². The molecule has 3 N–H and O–H groups in total. The summed E-state index contributed by atoms with van der Waals surface area (Å²) in [7, 11) is -3.31. The Morgan fingerprint density at radius 1 is 1.06 bits per heavy atom. The van der Waals surface area contributed by atoms with Gasteiger partial charge in [0.2, 0.25) is 11.8 Å². The van der Waals surface area contributed by atoms with E-state index in [9.17, 15) is 18.0 Å². The molecule has 1 saturated heterocycles. The van der Waals surface area contributed by atoms with Crippen LogP contribution in [0.1, 0.15) is 50.7 Å². The van der Waals surface area contributed by atoms with Crippen LogP contribution in [0, 0.1) is 0 Å². The molecule has 2 aliphatic rings. The van der Waals surface area contributed by atoms with Gasteiger partial charge in [-0.2, -0.15) is 0 Å². The van der Waals surface area contributed by atoms with E-state index in [-0.39, 0.29) is 30.0 Å². The van der Waals surface area contributed by atoms with Crippen molar-refractivity contribution in [3.05, 3.63) is 65.7 Å². The number of rotatable bonds is 7. The Balaban J connectivity index is 0.00000361. The molecule has 1 spiro atoms. The molecule has 0 aliphatic carbocycles. The highest BCUT2D eigenvalue weighted by Crippen LogP contribution is 2.46. The Morgan fingerprint density at radius 2 is 1.67 bits per heavy atom. The zero-order valence-electron chi connectivity index (χ0n) is 20.9. The number of aryl methyl sites for hydroxylation is 1. The molecule has 0 unspecified atom stereocenters. The second-order valence-electron chi connectivity index (χ2n) is 10.5. The minimum Gasteiger partial charge on any atom is -0.343 e. The van der Waals surface area contributed by atoms with Crippen LogP contribution in [0.2, 0.25) is 0 Å². The van der Waals surface area contributed by atoms with E-state index in [1.165, 1.54) is 5.56 Å². The van der Waals surface area contributed by atoms with Crippen molar-refractivity contribution < 1.29 is 18.0 Å². The van der Waals surface area contributed by atoms with Crippen molar-refractivity contribution in [2.45, 2.75) is 67.8 Å². The summed E-state index contributed by atoms with van der Waals surface area (Å²) < 4.78 is 25.5. The largest absolute Gasteiger partial charge is 0.343 e. The van der Waals surface area contributed by atoms with E-state index in [1.807, 2.05) is 30.3 Å². The number of hydrogen-bond acceptors (Lipinski definition) is 5. The monoisotopic (exact) mass is 533 g/mol. The van der Waals surface area contributed by atoms with E-state index >= 15 is 0 Å². The molecule has 1 fully saturated rings. The lowest BCUT2D eigenvalue weighted by Crippen LogP contribution is -2.57. The third kappa shape index (κ3) is 5.93. The number of amides is 2. The summed E-state index contributed by atoms with van der Waals surface area (Å²) in [5, 5.41) is 2.88. The number of nitrogens with one attached hydrogen (secondary N) is 1. The number of benzene rings is 2. The highest BCUT2D eigenvalue weighted by Gasteiger charge is 2.49. The van der Waals surface area contributed by atoms with Gasteiger partial charge in [0.05, 0.1) is 16.2 Å². The predicted octanol–water partition coefficient (Wildman–Crippen LogP) is 3.00. The van der Waals surface area contributed by atoms with Crippen LogP contribution < -0.4 is 11.1 Å². The molecule has 2 aromatic rings. The van der Waals surface area contributed by atoms with Gasteiger partial charge in [0.1, 0.15) is 6.04 Å². The second kappa shape index (κ2) is 10.9. The lowest BCUT2D eigenvalue weighted by Gasteiger charge is -2.40. The van der Waals surface area contributed by atoms with Gasteiger partial charge in [0.25, 0.3) is 0 Å². The molecule has 36 heavy (non-hydrogen) atoms. The van der Waals surface area contributed by atoms with Crippen molar-refractivity contribution in [2.75, 3.05) is 18.8 Å². The smallest absolute Gasteiger partial charge is 0.245 e. The first-order valence-electron chi connectivity index (χ1n) is 12.3. The molecule has 196 valence electrons. The van der Waals surface area contributed by atoms with Crippen LogP contribution in [-0.2, 0) is 31.3 Å². The van der Waals surface area contributed by atoms with Gasteiger partial charge in [-0.1, -0.05) is 48.5 Å². The fraction of sp³-hybridized carbons (Fsp3) is 0.481. The van der Waals surface area contributed by atoms with Gasteiger partial charge in [0.15, 0.2) is 9.84 Å². The molecule has 7 nitrogen and oxygen atoms in total. The number of carbonyl (C=O) groups excluding carboxylic acids is 2. The maximum Gasteiger partial charge on any atom is 0.245 e. The molecule has 0 bridgehead atoms. The average Bonchev–Trinajstić information content (AvgIpc) is 3.05. The molecule has 0 radical (unpaired) electrons. The number of nitrogens with two attached hydrogens (primary N) is 1. The average molecular weight is 534 g/mol. The number of fused-ring (bicyclic) bond motifs is 2. The van der Waals surface area contributed by atoms with Crippen molar-refractivity contribution >= 4 is 34.1 Å². The Labute approximate surface area is 220 Å². The van der Waals surface area contributed by atoms with Gasteiger partial charge in [-0.3, -0.25) is 9.59 Å². The standard InChI is InChI=1S/C27H35N3O4S.ClH/c1-26(2,28)25(32)29-22(13-8-11-20-9-4-3-5-10-20)24(31)30-17-15-27(16-18-30)19-35(33,34)23-14-7-6-12-21(23)27;/h3-7,9-10,12,14,22H,8,11,13,15-19,28H2,1-2H3,(H,29,32);1H/t22-;/m1./s1. The summed E-state index contributed by atoms with van der Waals surface area (Å²) >= 11 is 0. The zero-order chi connectivity index (χ0) is 25.3. The summed E-state index contributed by atoms with van der Waals surface area (Å²) in [6, 6.07) is 16.6. The van der Waals surface area contributed by atoms with Gasteiger partial charge in [-0.25, -0.2) is 8.42 Å². The highest BCUT2D eigenvalue weighted by atomic mass is 35.5. The van der Waals surface area contributed by atoms with Crippen LogP contribution in [0.15, 0.2) is 59.5 Å². The third-order valence-corrected chi connectivity index (χ3v) is 9.24. The summed E-state index contributed by atoms with van der Waals surface area (Å²) in [6.07, 6.45) is 3.23. The van der Waals surface area contributed by atoms with E-state index in [2.05, 4.69) is 17.4 Å². The van der Waals surface area contributed by atoms with Gasteiger partial charge >= 0.3 is 0 Å². The van der Waals surface area contributed by atoms with Crippen molar-refractivity contribution in [1.82, 2.24) is 10.2 Å². The lowest BCUT2D eigenvalue weighted by molar-refractivity contribution is -0.139. The van der Waals surface area contributed by atoms with Gasteiger partial charge in [-0.05, 0) is 63.1 Å². The molecule has 2 aromatic carbocycles. The first kappa shape index (κ1) is 28.2. The number of nitrogens with zero attached hydrogens (tertiary/aromatic N) is 1. The Morgan fingerprint density at radius 3 is 2.31 bits per heavy atom. The zero-order valence-corrected chi connectivity index (χ0v) is 22.5. The lowest BCUT2D eigenvalue weighted by atomic mass is 9.74. The summed E-state index contributed by atoms with van der Waals surface area (Å²) in [5.74, 6) is -0.389. The molecular formula is C27H36ClN3O4S. The van der Waals surface area contributed by atoms with E-state index in [1.54, 1.807) is 30.9 Å². The van der Waals surface area contributed by atoms with E-state index in [4.69, 9.17) is 5.73 Å². The summed E-state index contributed by atoms with van der Waals surface area (Å²) in [6.45, 7) is 4.16. The van der Waals surface area contributed by atoms with E-state index in [0.29, 0.717) is 37.2 Å². The van der Waals surface area contributed by atoms with E-state index < -0.39 is 26.8 Å². The molecule has 1 atom stereocenters. The number of carbonyl (C=O) groups is 2. The minimum atomic E-state index is -3.31. The quantitative estimate of drug-likeness (QED) is 0.568. The van der Waals surface area contributed by atoms with Gasteiger partial charge < -0.3 is 16.0 Å². The van der Waals surface area contributed by atoms with E-state index in [0.717, 1.165) is 18.4 Å². The number of likely N-dealkylation sites (tertiary alicyclic amines) is 1. The molecule has 2 amide bonds. The van der Waals surface area contributed by atoms with Crippen molar-refractivity contribution in [2.24, 2.45) is 5.73 Å². The van der Waals surface area contributed by atoms with Gasteiger partial charge in [-0.15, -0.1) is 12.4 Å². The number of piperidine rings is 1. The molecule has 2 heterocycles. The first-order valence-corrected chi connectivity index (χ1v) is 13.9. The maximum atomic E-state index is 13.5. The maximum absolute atomic E-state index is 13.5. The Hall–Kier alpha value is -2.42. The predicted molar refractivity (Wildman–Crippen MR) is 143 cm³/mol. The van der Waals surface area contributed by atoms with Crippen LogP contribution in [0.25, 0.3) is 0 Å². The molecule has 0 saturated carbocycles. The van der Waals surface area contributed by atoms with Gasteiger partial charge in [0, 0.05) is 18.5 Å². The number of sulfone groups is 1. The molecule has 9 heteroatoms. The molecule has 4 rings (SSSR count). The Bertz CT molecular complexity index is 1190. The minimum absolute atomic E-state index is 0. The van der Waals surface area contributed by atoms with Crippen LogP contribution >= 0.6 is 12.4 Å². The van der Waals surface area contributed by atoms with Crippen molar-refractivity contribution in [3.63, 3.8) is 0 Å². The van der Waals surface area contributed by atoms with Crippen LogP contribution in [0.4, 0.5) is 0 Å². The number of halogens is 1. The normalized spacial score (nSPS) is 18.7. The molecule has 2 aliphatic heterocycles. The summed E-state index contributed by atoms with van der Waals surface area (Å²) in [4.78, 5) is 28.4. The Kier molecular flexibility index (Phi) is 8.53. The molecule has 0 aromatic heterocycles. The van der Waals surface area contributed by atoms with Crippen molar-refractivity contribution in [3.8, 4) is 0 Å². The fourth-order valence-electron chi connectivity index (χ4n) is 5.24. The number of hydrogen-bond donors (Lipinski definition) is 2. The second-order valence-corrected chi connectivity index (χ2v) is 12.4. The molecular weight excluding hydrogens is 498 g/mol. The fourth-order valence-corrected chi connectivity index (χ4v) is 7.47. The SMILES string of the molecule is CC(C)(N)C(=O)N[C@H](CCCc1ccccc1)C(=O)N1CCC2(CC1)CS(=O)(=O)c1ccccc12.Cl. The topological polar surface area (TPSA) is 110 Å². The highest BCUT2D eigenvalue weighted by molar-refractivity contribution is 7.91. The third-order valence-electron chi connectivity index (χ3n) is 7.28.